The van der Waals surface area contributed by atoms with Crippen LogP contribution in [0.1, 0.15) is 5.56 Å². The fourth-order valence-electron chi connectivity index (χ4n) is 2.24. The molecule has 0 aliphatic carbocycles. The maximum Gasteiger partial charge on any atom is 0.234 e. The van der Waals surface area contributed by atoms with Gasteiger partial charge in [-0.05, 0) is 24.3 Å². The second-order valence-electron chi connectivity index (χ2n) is 4.71. The molecule has 2 aromatic rings. The lowest BCUT2D eigenvalue weighted by atomic mass is 10.2. The van der Waals surface area contributed by atoms with Crippen molar-refractivity contribution in [1.82, 2.24) is 0 Å². The van der Waals surface area contributed by atoms with Gasteiger partial charge in [0.05, 0.1) is 18.6 Å². The van der Waals surface area contributed by atoms with Crippen molar-refractivity contribution in [3.05, 3.63) is 48.0 Å². The number of anilines is 2. The Balaban J connectivity index is 1.74. The van der Waals surface area contributed by atoms with Crippen molar-refractivity contribution in [2.75, 3.05) is 23.5 Å². The summed E-state index contributed by atoms with van der Waals surface area (Å²) >= 11 is 1.57. The van der Waals surface area contributed by atoms with Gasteiger partial charge in [0.15, 0.2) is 0 Å². The highest BCUT2D eigenvalue weighted by Gasteiger charge is 2.15. The molecule has 0 spiro atoms. The van der Waals surface area contributed by atoms with E-state index in [2.05, 4.69) is 10.6 Å². The van der Waals surface area contributed by atoms with Gasteiger partial charge in [0.25, 0.3) is 0 Å². The largest absolute Gasteiger partial charge is 0.496 e. The van der Waals surface area contributed by atoms with E-state index in [-0.39, 0.29) is 5.91 Å². The molecule has 1 heterocycles. The summed E-state index contributed by atoms with van der Waals surface area (Å²) in [7, 11) is 1.67. The highest BCUT2D eigenvalue weighted by molar-refractivity contribution is 8.00. The number of carbonyl (C=O) groups excluding carboxylic acids is 1. The molecular formula is C16H16N2O2S. The normalized spacial score (nSPS) is 13.3. The lowest BCUT2D eigenvalue weighted by Gasteiger charge is -2.18. The van der Waals surface area contributed by atoms with Gasteiger partial charge >= 0.3 is 0 Å². The number of amides is 1. The minimum Gasteiger partial charge on any atom is -0.496 e. The summed E-state index contributed by atoms with van der Waals surface area (Å²) in [6.45, 7) is 0.671. The third-order valence-electron chi connectivity index (χ3n) is 3.29. The molecule has 0 saturated heterocycles. The maximum atomic E-state index is 11.4. The van der Waals surface area contributed by atoms with Crippen LogP contribution in [0.15, 0.2) is 47.4 Å². The number of rotatable bonds is 4. The first kappa shape index (κ1) is 13.8. The number of carbonyl (C=O) groups is 1. The highest BCUT2D eigenvalue weighted by Crippen LogP contribution is 2.33. The molecule has 0 fully saturated rings. The molecule has 0 bridgehead atoms. The molecule has 2 aromatic carbocycles. The van der Waals surface area contributed by atoms with Gasteiger partial charge in [-0.15, -0.1) is 11.8 Å². The Morgan fingerprint density at radius 2 is 2.14 bits per heavy atom. The van der Waals surface area contributed by atoms with Crippen molar-refractivity contribution in [3.63, 3.8) is 0 Å². The number of thioether (sulfide) groups is 1. The summed E-state index contributed by atoms with van der Waals surface area (Å²) < 4.78 is 5.34. The van der Waals surface area contributed by atoms with Crippen LogP contribution in [0.4, 0.5) is 11.4 Å². The first-order valence-corrected chi connectivity index (χ1v) is 7.67. The Labute approximate surface area is 127 Å². The van der Waals surface area contributed by atoms with Gasteiger partial charge in [-0.1, -0.05) is 18.2 Å². The lowest BCUT2D eigenvalue weighted by Crippen LogP contribution is -2.18. The third kappa shape index (κ3) is 3.13. The summed E-state index contributed by atoms with van der Waals surface area (Å²) in [5, 5.41) is 6.26. The van der Waals surface area contributed by atoms with Gasteiger partial charge in [0.2, 0.25) is 5.91 Å². The van der Waals surface area contributed by atoms with Gasteiger partial charge in [-0.3, -0.25) is 4.79 Å². The average Bonchev–Trinajstić information content (AvgIpc) is 2.52. The van der Waals surface area contributed by atoms with E-state index in [0.29, 0.717) is 12.3 Å². The molecule has 0 atom stereocenters. The molecule has 1 aliphatic rings. The summed E-state index contributed by atoms with van der Waals surface area (Å²) in [6.07, 6.45) is 0. The van der Waals surface area contributed by atoms with E-state index < -0.39 is 0 Å². The summed E-state index contributed by atoms with van der Waals surface area (Å²) in [6, 6.07) is 13.9. The van der Waals surface area contributed by atoms with Crippen LogP contribution in [0, 0.1) is 0 Å². The van der Waals surface area contributed by atoms with Crippen molar-refractivity contribution >= 4 is 29.0 Å². The van der Waals surface area contributed by atoms with Crippen LogP contribution < -0.4 is 15.4 Å². The summed E-state index contributed by atoms with van der Waals surface area (Å²) in [5.41, 5.74) is 2.94. The molecule has 21 heavy (non-hydrogen) atoms. The lowest BCUT2D eigenvalue weighted by molar-refractivity contribution is -0.113. The van der Waals surface area contributed by atoms with Crippen LogP contribution in [0.2, 0.25) is 0 Å². The van der Waals surface area contributed by atoms with E-state index in [1.54, 1.807) is 18.9 Å². The van der Waals surface area contributed by atoms with Crippen molar-refractivity contribution in [2.24, 2.45) is 0 Å². The van der Waals surface area contributed by atoms with Gasteiger partial charge in [0, 0.05) is 22.7 Å². The molecule has 3 rings (SSSR count). The highest BCUT2D eigenvalue weighted by atomic mass is 32.2. The predicted octanol–water partition coefficient (Wildman–Crippen LogP) is 3.35. The van der Waals surface area contributed by atoms with E-state index in [1.165, 1.54) is 0 Å². The fourth-order valence-corrected chi connectivity index (χ4v) is 3.03. The zero-order chi connectivity index (χ0) is 14.7. The topological polar surface area (TPSA) is 50.4 Å². The molecule has 0 unspecified atom stereocenters. The Hall–Kier alpha value is -2.14. The van der Waals surface area contributed by atoms with E-state index >= 15 is 0 Å². The maximum absolute atomic E-state index is 11.4. The number of para-hydroxylation sites is 1. The molecule has 0 aromatic heterocycles. The van der Waals surface area contributed by atoms with Crippen molar-refractivity contribution in [2.45, 2.75) is 11.4 Å². The van der Waals surface area contributed by atoms with Gasteiger partial charge in [0.1, 0.15) is 5.75 Å². The van der Waals surface area contributed by atoms with Crippen LogP contribution in [0.3, 0.4) is 0 Å². The number of benzene rings is 2. The quantitative estimate of drug-likeness (QED) is 0.909. The molecule has 0 radical (unpaired) electrons. The van der Waals surface area contributed by atoms with Crippen LogP contribution in [-0.2, 0) is 11.3 Å². The van der Waals surface area contributed by atoms with Gasteiger partial charge in [-0.25, -0.2) is 0 Å². The van der Waals surface area contributed by atoms with Crippen molar-refractivity contribution in [1.29, 1.82) is 0 Å². The molecule has 5 heteroatoms. The Morgan fingerprint density at radius 1 is 1.29 bits per heavy atom. The minimum absolute atomic E-state index is 0.0504. The number of fused-ring (bicyclic) bond motifs is 1. The SMILES string of the molecule is COc1ccccc1CNc1ccc2c(c1)NC(=O)CS2. The van der Waals surface area contributed by atoms with Crippen LogP contribution >= 0.6 is 11.8 Å². The summed E-state index contributed by atoms with van der Waals surface area (Å²) in [5.74, 6) is 1.40. The zero-order valence-corrected chi connectivity index (χ0v) is 12.5. The molecule has 1 amide bonds. The second kappa shape index (κ2) is 6.10. The Kier molecular flexibility index (Phi) is 4.01. The van der Waals surface area contributed by atoms with E-state index in [9.17, 15) is 4.79 Å². The van der Waals surface area contributed by atoms with E-state index in [4.69, 9.17) is 4.74 Å². The first-order chi connectivity index (χ1) is 10.3. The minimum atomic E-state index is 0.0504. The van der Waals surface area contributed by atoms with Gasteiger partial charge < -0.3 is 15.4 Å². The second-order valence-corrected chi connectivity index (χ2v) is 5.73. The number of hydrogen-bond acceptors (Lipinski definition) is 4. The number of nitrogens with one attached hydrogen (secondary N) is 2. The molecule has 4 nitrogen and oxygen atoms in total. The standard InChI is InChI=1S/C16H16N2O2S/c1-20-14-5-3-2-4-11(14)9-17-12-6-7-15-13(8-12)18-16(19)10-21-15/h2-8,17H,9-10H2,1H3,(H,18,19). The predicted molar refractivity (Wildman–Crippen MR) is 86.1 cm³/mol. The Bertz CT molecular complexity index is 673. The number of methoxy groups -OCH3 is 1. The fraction of sp³-hybridized carbons (Fsp3) is 0.188. The van der Waals surface area contributed by atoms with Gasteiger partial charge in [-0.2, -0.15) is 0 Å². The molecule has 2 N–H and O–H groups in total. The molecule has 0 saturated carbocycles. The van der Waals surface area contributed by atoms with E-state index in [1.807, 2.05) is 42.5 Å². The average molecular weight is 300 g/mol. The molecule has 1 aliphatic heterocycles. The first-order valence-electron chi connectivity index (χ1n) is 6.69. The third-order valence-corrected chi connectivity index (χ3v) is 4.36. The van der Waals surface area contributed by atoms with Crippen LogP contribution in [0.25, 0.3) is 0 Å². The monoisotopic (exact) mass is 300 g/mol. The van der Waals surface area contributed by atoms with Crippen molar-refractivity contribution in [3.8, 4) is 5.75 Å². The van der Waals surface area contributed by atoms with Crippen LogP contribution in [0.5, 0.6) is 5.75 Å². The van der Waals surface area contributed by atoms with E-state index in [0.717, 1.165) is 27.6 Å². The van der Waals surface area contributed by atoms with Crippen LogP contribution in [-0.4, -0.2) is 18.8 Å². The Morgan fingerprint density at radius 3 is 3.00 bits per heavy atom. The number of hydrogen-bond donors (Lipinski definition) is 2. The molecular weight excluding hydrogens is 284 g/mol. The smallest absolute Gasteiger partial charge is 0.234 e. The number of ether oxygens (including phenoxy) is 1. The van der Waals surface area contributed by atoms with Crippen molar-refractivity contribution < 1.29 is 9.53 Å². The summed E-state index contributed by atoms with van der Waals surface area (Å²) in [4.78, 5) is 12.5. The zero-order valence-electron chi connectivity index (χ0n) is 11.7. The molecule has 108 valence electrons.